The summed E-state index contributed by atoms with van der Waals surface area (Å²) in [5, 5.41) is 0.507. The first-order chi connectivity index (χ1) is 11.5. The highest BCUT2D eigenvalue weighted by atomic mass is 35.5. The number of H-pyrrole nitrogens is 1. The normalized spacial score (nSPS) is 15.5. The van der Waals surface area contributed by atoms with Crippen LogP contribution in [0, 0.1) is 5.92 Å². The van der Waals surface area contributed by atoms with Gasteiger partial charge in [-0.25, -0.2) is 4.79 Å². The minimum atomic E-state index is -0.393. The average molecular weight is 351 g/mol. The molecular formula is C16H19ClN4O3. The molecule has 1 aliphatic heterocycles. The minimum Gasteiger partial charge on any atom is -0.492 e. The van der Waals surface area contributed by atoms with Crippen molar-refractivity contribution in [2.45, 2.75) is 12.8 Å². The summed E-state index contributed by atoms with van der Waals surface area (Å²) in [5.41, 5.74) is -0.693. The first kappa shape index (κ1) is 16.6. The van der Waals surface area contributed by atoms with E-state index in [9.17, 15) is 9.59 Å². The van der Waals surface area contributed by atoms with Crippen LogP contribution in [0.4, 0.5) is 5.82 Å². The van der Waals surface area contributed by atoms with Crippen LogP contribution in [0.3, 0.4) is 0 Å². The lowest BCUT2D eigenvalue weighted by atomic mass is 9.98. The Bertz CT molecular complexity index is 793. The number of hydrogen-bond acceptors (Lipinski definition) is 5. The Hall–Kier alpha value is -2.28. The highest BCUT2D eigenvalue weighted by molar-refractivity contribution is 6.31. The summed E-state index contributed by atoms with van der Waals surface area (Å²) in [6.45, 7) is 2.12. The molecule has 0 aliphatic carbocycles. The first-order valence-corrected chi connectivity index (χ1v) is 8.20. The number of rotatable bonds is 4. The second-order valence-corrected chi connectivity index (χ2v) is 6.31. The van der Waals surface area contributed by atoms with Crippen molar-refractivity contribution in [1.82, 2.24) is 14.5 Å². The fourth-order valence-electron chi connectivity index (χ4n) is 2.74. The van der Waals surface area contributed by atoms with Crippen LogP contribution in [0.2, 0.25) is 5.02 Å². The SMILES string of the molecule is Cn1c(=O)cc(N2CCC(COc3ccncc3Cl)CC2)[nH]c1=O. The van der Waals surface area contributed by atoms with Crippen molar-refractivity contribution in [3.8, 4) is 5.75 Å². The van der Waals surface area contributed by atoms with Gasteiger partial charge in [0.05, 0.1) is 6.61 Å². The maximum absolute atomic E-state index is 11.7. The van der Waals surface area contributed by atoms with Crippen LogP contribution < -0.4 is 20.9 Å². The van der Waals surface area contributed by atoms with E-state index in [-0.39, 0.29) is 5.56 Å². The summed E-state index contributed by atoms with van der Waals surface area (Å²) >= 11 is 6.03. The van der Waals surface area contributed by atoms with Crippen LogP contribution in [-0.4, -0.2) is 34.2 Å². The Labute approximate surface area is 143 Å². The zero-order valence-corrected chi connectivity index (χ0v) is 14.1. The van der Waals surface area contributed by atoms with E-state index in [1.807, 2.05) is 4.90 Å². The Morgan fingerprint density at radius 1 is 1.38 bits per heavy atom. The molecule has 7 nitrogen and oxygen atoms in total. The third-order valence-electron chi connectivity index (χ3n) is 4.30. The van der Waals surface area contributed by atoms with Crippen LogP contribution in [-0.2, 0) is 7.05 Å². The molecule has 1 saturated heterocycles. The molecule has 0 bridgehead atoms. The fourth-order valence-corrected chi connectivity index (χ4v) is 2.92. The Morgan fingerprint density at radius 3 is 2.79 bits per heavy atom. The number of nitrogens with one attached hydrogen (secondary N) is 1. The molecule has 1 aliphatic rings. The highest BCUT2D eigenvalue weighted by Gasteiger charge is 2.21. The third kappa shape index (κ3) is 3.62. The van der Waals surface area contributed by atoms with Gasteiger partial charge in [0.2, 0.25) is 0 Å². The van der Waals surface area contributed by atoms with Crippen LogP contribution in [0.5, 0.6) is 5.75 Å². The highest BCUT2D eigenvalue weighted by Crippen LogP contribution is 2.25. The van der Waals surface area contributed by atoms with E-state index in [0.29, 0.717) is 29.1 Å². The lowest BCUT2D eigenvalue weighted by Gasteiger charge is -2.32. The van der Waals surface area contributed by atoms with Gasteiger partial charge >= 0.3 is 5.69 Å². The smallest absolute Gasteiger partial charge is 0.329 e. The molecule has 0 unspecified atom stereocenters. The molecule has 0 amide bonds. The van der Waals surface area contributed by atoms with Crippen molar-refractivity contribution in [2.24, 2.45) is 13.0 Å². The van der Waals surface area contributed by atoms with Gasteiger partial charge in [0, 0.05) is 44.7 Å². The molecule has 24 heavy (non-hydrogen) atoms. The van der Waals surface area contributed by atoms with Crippen molar-refractivity contribution in [3.05, 3.63) is 50.4 Å². The molecular weight excluding hydrogens is 332 g/mol. The monoisotopic (exact) mass is 350 g/mol. The molecule has 0 atom stereocenters. The van der Waals surface area contributed by atoms with Crippen LogP contribution in [0.15, 0.2) is 34.1 Å². The molecule has 1 N–H and O–H groups in total. The number of ether oxygens (including phenoxy) is 1. The number of hydrogen-bond donors (Lipinski definition) is 1. The van der Waals surface area contributed by atoms with E-state index in [1.165, 1.54) is 13.1 Å². The fraction of sp³-hybridized carbons (Fsp3) is 0.438. The van der Waals surface area contributed by atoms with Gasteiger partial charge in [-0.05, 0) is 18.8 Å². The quantitative estimate of drug-likeness (QED) is 0.902. The Balaban J connectivity index is 1.57. The molecule has 3 heterocycles. The molecule has 2 aromatic rings. The van der Waals surface area contributed by atoms with Gasteiger partial charge in [0.25, 0.3) is 5.56 Å². The van der Waals surface area contributed by atoms with Gasteiger partial charge < -0.3 is 9.64 Å². The summed E-state index contributed by atoms with van der Waals surface area (Å²) in [5.74, 6) is 1.63. The lowest BCUT2D eigenvalue weighted by molar-refractivity contribution is 0.222. The lowest BCUT2D eigenvalue weighted by Crippen LogP contribution is -2.40. The Morgan fingerprint density at radius 2 is 2.12 bits per heavy atom. The molecule has 0 aromatic carbocycles. The van der Waals surface area contributed by atoms with Gasteiger partial charge in [-0.1, -0.05) is 11.6 Å². The van der Waals surface area contributed by atoms with Crippen molar-refractivity contribution >= 4 is 17.4 Å². The molecule has 2 aromatic heterocycles. The second kappa shape index (κ2) is 7.09. The third-order valence-corrected chi connectivity index (χ3v) is 4.58. The van der Waals surface area contributed by atoms with E-state index in [2.05, 4.69) is 9.97 Å². The van der Waals surface area contributed by atoms with Gasteiger partial charge in [0.1, 0.15) is 16.6 Å². The molecule has 0 radical (unpaired) electrons. The van der Waals surface area contributed by atoms with Gasteiger partial charge in [-0.15, -0.1) is 0 Å². The number of piperidine rings is 1. The number of pyridine rings is 1. The topological polar surface area (TPSA) is 80.2 Å². The standard InChI is InChI=1S/C16H19ClN4O3/c1-20-15(22)8-14(19-16(20)23)21-6-3-11(4-7-21)10-24-13-2-5-18-9-12(13)17/h2,5,8-9,11H,3-4,6-7,10H2,1H3,(H,19,23). The number of aromatic nitrogens is 3. The first-order valence-electron chi connectivity index (χ1n) is 7.82. The van der Waals surface area contributed by atoms with Crippen LogP contribution in [0.25, 0.3) is 0 Å². The number of halogens is 1. The minimum absolute atomic E-state index is 0.300. The molecule has 0 saturated carbocycles. The molecule has 128 valence electrons. The summed E-state index contributed by atoms with van der Waals surface area (Å²) in [4.78, 5) is 32.1. The predicted octanol–water partition coefficient (Wildman–Crippen LogP) is 1.42. The zero-order valence-electron chi connectivity index (χ0n) is 13.4. The number of nitrogens with zero attached hydrogens (tertiary/aromatic N) is 3. The molecule has 8 heteroatoms. The summed E-state index contributed by atoms with van der Waals surface area (Å²) in [6.07, 6.45) is 5.04. The summed E-state index contributed by atoms with van der Waals surface area (Å²) < 4.78 is 6.83. The van der Waals surface area contributed by atoms with Crippen molar-refractivity contribution in [2.75, 3.05) is 24.6 Å². The number of anilines is 1. The molecule has 1 fully saturated rings. The van der Waals surface area contributed by atoms with E-state index in [0.717, 1.165) is 30.5 Å². The zero-order chi connectivity index (χ0) is 17.1. The van der Waals surface area contributed by atoms with Crippen molar-refractivity contribution in [1.29, 1.82) is 0 Å². The summed E-state index contributed by atoms with van der Waals surface area (Å²) in [7, 11) is 1.46. The maximum Gasteiger partial charge on any atom is 0.329 e. The predicted molar refractivity (Wildman–Crippen MR) is 92.0 cm³/mol. The van der Waals surface area contributed by atoms with Gasteiger partial charge in [-0.2, -0.15) is 0 Å². The molecule has 0 spiro atoms. The average Bonchev–Trinajstić information content (AvgIpc) is 2.59. The van der Waals surface area contributed by atoms with Gasteiger partial charge in [-0.3, -0.25) is 19.3 Å². The van der Waals surface area contributed by atoms with E-state index < -0.39 is 5.69 Å². The molecule has 3 rings (SSSR count). The van der Waals surface area contributed by atoms with Crippen molar-refractivity contribution < 1.29 is 4.74 Å². The maximum atomic E-state index is 11.7. The largest absolute Gasteiger partial charge is 0.492 e. The second-order valence-electron chi connectivity index (χ2n) is 5.90. The van der Waals surface area contributed by atoms with E-state index >= 15 is 0 Å². The summed E-state index contributed by atoms with van der Waals surface area (Å²) in [6, 6.07) is 3.22. The number of aromatic amines is 1. The van der Waals surface area contributed by atoms with E-state index in [4.69, 9.17) is 16.3 Å². The van der Waals surface area contributed by atoms with Crippen molar-refractivity contribution in [3.63, 3.8) is 0 Å². The van der Waals surface area contributed by atoms with Crippen LogP contribution in [0.1, 0.15) is 12.8 Å². The Kier molecular flexibility index (Phi) is 4.89. The van der Waals surface area contributed by atoms with Crippen LogP contribution >= 0.6 is 11.6 Å². The van der Waals surface area contributed by atoms with E-state index in [1.54, 1.807) is 18.5 Å². The van der Waals surface area contributed by atoms with Gasteiger partial charge in [0.15, 0.2) is 0 Å².